The Balaban J connectivity index is 1.80. The second-order valence-corrected chi connectivity index (χ2v) is 4.98. The highest BCUT2D eigenvalue weighted by Gasteiger charge is 2.46. The van der Waals surface area contributed by atoms with Crippen molar-refractivity contribution in [1.29, 1.82) is 0 Å². The Hall–Kier alpha value is -2.46. The minimum Gasteiger partial charge on any atom is -0.356 e. The highest BCUT2D eigenvalue weighted by molar-refractivity contribution is 6.08. The SMILES string of the molecule is CC(=O)Nc1ccccc1C(=O)[C@H]1O[C@@H]1c1ccccc1. The van der Waals surface area contributed by atoms with E-state index in [0.29, 0.717) is 11.3 Å². The van der Waals surface area contributed by atoms with Gasteiger partial charge in [0.1, 0.15) is 6.10 Å². The highest BCUT2D eigenvalue weighted by Crippen LogP contribution is 2.41. The van der Waals surface area contributed by atoms with E-state index in [4.69, 9.17) is 4.74 Å². The summed E-state index contributed by atoms with van der Waals surface area (Å²) in [5, 5.41) is 2.68. The molecule has 4 heteroatoms. The number of Topliss-reactive ketones (excluding diaryl/α,β-unsaturated/α-hetero) is 1. The molecule has 1 amide bonds. The molecule has 1 saturated heterocycles. The number of carbonyl (C=O) groups excluding carboxylic acids is 2. The van der Waals surface area contributed by atoms with Gasteiger partial charge in [-0.15, -0.1) is 0 Å². The fourth-order valence-corrected chi connectivity index (χ4v) is 2.36. The lowest BCUT2D eigenvalue weighted by Crippen LogP contribution is -2.14. The maximum Gasteiger partial charge on any atom is 0.221 e. The Kier molecular flexibility index (Phi) is 3.54. The van der Waals surface area contributed by atoms with Gasteiger partial charge in [-0.05, 0) is 17.7 Å². The molecule has 1 aliphatic heterocycles. The fourth-order valence-electron chi connectivity index (χ4n) is 2.36. The molecule has 1 heterocycles. The van der Waals surface area contributed by atoms with Crippen LogP contribution in [0, 0.1) is 0 Å². The molecule has 0 unspecified atom stereocenters. The van der Waals surface area contributed by atoms with Crippen molar-refractivity contribution in [2.45, 2.75) is 19.1 Å². The van der Waals surface area contributed by atoms with Gasteiger partial charge in [0.15, 0.2) is 11.9 Å². The number of ether oxygens (including phenoxy) is 1. The summed E-state index contributed by atoms with van der Waals surface area (Å²) in [5.74, 6) is -0.306. The summed E-state index contributed by atoms with van der Waals surface area (Å²) >= 11 is 0. The summed E-state index contributed by atoms with van der Waals surface area (Å²) in [6.07, 6.45) is -0.661. The van der Waals surface area contributed by atoms with E-state index in [1.165, 1.54) is 6.92 Å². The smallest absolute Gasteiger partial charge is 0.221 e. The Morgan fingerprint density at radius 3 is 2.38 bits per heavy atom. The topological polar surface area (TPSA) is 58.7 Å². The minimum atomic E-state index is -0.470. The molecule has 0 aliphatic carbocycles. The van der Waals surface area contributed by atoms with E-state index in [1.807, 2.05) is 30.3 Å². The molecule has 1 fully saturated rings. The molecule has 2 atom stereocenters. The molecule has 4 nitrogen and oxygen atoms in total. The van der Waals surface area contributed by atoms with Gasteiger partial charge in [0.2, 0.25) is 5.91 Å². The largest absolute Gasteiger partial charge is 0.356 e. The molecule has 0 saturated carbocycles. The zero-order valence-corrected chi connectivity index (χ0v) is 11.6. The second-order valence-electron chi connectivity index (χ2n) is 4.98. The molecule has 0 bridgehead atoms. The summed E-state index contributed by atoms with van der Waals surface area (Å²) in [6, 6.07) is 16.6. The Labute approximate surface area is 122 Å². The maximum atomic E-state index is 12.5. The first kappa shape index (κ1) is 13.5. The van der Waals surface area contributed by atoms with Crippen molar-refractivity contribution >= 4 is 17.4 Å². The Bertz CT molecular complexity index is 681. The van der Waals surface area contributed by atoms with Gasteiger partial charge in [0, 0.05) is 12.5 Å². The maximum absolute atomic E-state index is 12.5. The first-order valence-electron chi connectivity index (χ1n) is 6.78. The van der Waals surface area contributed by atoms with E-state index < -0.39 is 6.10 Å². The number of para-hydroxylation sites is 1. The van der Waals surface area contributed by atoms with Crippen molar-refractivity contribution in [3.8, 4) is 0 Å². The number of amides is 1. The predicted molar refractivity (Wildman–Crippen MR) is 79.1 cm³/mol. The van der Waals surface area contributed by atoms with Crippen LogP contribution in [0.3, 0.4) is 0 Å². The lowest BCUT2D eigenvalue weighted by molar-refractivity contribution is -0.114. The second kappa shape index (κ2) is 5.50. The lowest BCUT2D eigenvalue weighted by atomic mass is 10.0. The number of benzene rings is 2. The zero-order chi connectivity index (χ0) is 14.8. The molecule has 21 heavy (non-hydrogen) atoms. The number of anilines is 1. The van der Waals surface area contributed by atoms with E-state index in [9.17, 15) is 9.59 Å². The molecule has 2 aromatic rings. The van der Waals surface area contributed by atoms with E-state index in [1.54, 1.807) is 24.3 Å². The average molecular weight is 281 g/mol. The van der Waals surface area contributed by atoms with E-state index in [-0.39, 0.29) is 17.8 Å². The molecule has 1 aliphatic rings. The van der Waals surface area contributed by atoms with Crippen LogP contribution >= 0.6 is 0 Å². The predicted octanol–water partition coefficient (Wildman–Crippen LogP) is 2.97. The van der Waals surface area contributed by atoms with Crippen molar-refractivity contribution in [1.82, 2.24) is 0 Å². The van der Waals surface area contributed by atoms with Crippen molar-refractivity contribution in [3.63, 3.8) is 0 Å². The van der Waals surface area contributed by atoms with Gasteiger partial charge in [0.25, 0.3) is 0 Å². The number of nitrogens with one attached hydrogen (secondary N) is 1. The number of hydrogen-bond acceptors (Lipinski definition) is 3. The van der Waals surface area contributed by atoms with Crippen LogP contribution in [0.25, 0.3) is 0 Å². The van der Waals surface area contributed by atoms with Crippen molar-refractivity contribution in [3.05, 3.63) is 65.7 Å². The Morgan fingerprint density at radius 2 is 1.67 bits per heavy atom. The molecule has 0 spiro atoms. The Morgan fingerprint density at radius 1 is 1.00 bits per heavy atom. The van der Waals surface area contributed by atoms with Gasteiger partial charge >= 0.3 is 0 Å². The van der Waals surface area contributed by atoms with Crippen LogP contribution in [0.1, 0.15) is 28.9 Å². The van der Waals surface area contributed by atoms with Crippen LogP contribution in [0.5, 0.6) is 0 Å². The molecule has 106 valence electrons. The van der Waals surface area contributed by atoms with Crippen LogP contribution in [-0.4, -0.2) is 17.8 Å². The summed E-state index contributed by atoms with van der Waals surface area (Å²) in [7, 11) is 0. The molecule has 1 N–H and O–H groups in total. The molecule has 3 rings (SSSR count). The van der Waals surface area contributed by atoms with Crippen LogP contribution in [-0.2, 0) is 9.53 Å². The van der Waals surface area contributed by atoms with Crippen molar-refractivity contribution in [2.24, 2.45) is 0 Å². The number of carbonyl (C=O) groups is 2. The summed E-state index contributed by atoms with van der Waals surface area (Å²) < 4.78 is 5.52. The molecule has 0 aromatic heterocycles. The van der Waals surface area contributed by atoms with E-state index in [2.05, 4.69) is 5.32 Å². The van der Waals surface area contributed by atoms with E-state index >= 15 is 0 Å². The quantitative estimate of drug-likeness (QED) is 0.692. The van der Waals surface area contributed by atoms with Gasteiger partial charge in [-0.1, -0.05) is 42.5 Å². The zero-order valence-electron chi connectivity index (χ0n) is 11.6. The summed E-state index contributed by atoms with van der Waals surface area (Å²) in [4.78, 5) is 23.7. The molecular formula is C17H15NO3. The third-order valence-corrected chi connectivity index (χ3v) is 3.38. The van der Waals surface area contributed by atoms with Crippen LogP contribution in [0.15, 0.2) is 54.6 Å². The molecular weight excluding hydrogens is 266 g/mol. The van der Waals surface area contributed by atoms with Crippen LogP contribution < -0.4 is 5.32 Å². The van der Waals surface area contributed by atoms with Gasteiger partial charge in [-0.25, -0.2) is 0 Å². The normalized spacial score (nSPS) is 19.9. The number of hydrogen-bond donors (Lipinski definition) is 1. The van der Waals surface area contributed by atoms with Gasteiger partial charge in [-0.3, -0.25) is 9.59 Å². The molecule has 2 aromatic carbocycles. The first-order valence-corrected chi connectivity index (χ1v) is 6.78. The minimum absolute atomic E-state index is 0.104. The first-order chi connectivity index (χ1) is 10.2. The van der Waals surface area contributed by atoms with Crippen LogP contribution in [0.2, 0.25) is 0 Å². The van der Waals surface area contributed by atoms with Crippen molar-refractivity contribution in [2.75, 3.05) is 5.32 Å². The molecule has 0 radical (unpaired) electrons. The fraction of sp³-hybridized carbons (Fsp3) is 0.176. The number of epoxide rings is 1. The van der Waals surface area contributed by atoms with Gasteiger partial charge < -0.3 is 10.1 Å². The highest BCUT2D eigenvalue weighted by atomic mass is 16.6. The van der Waals surface area contributed by atoms with Crippen molar-refractivity contribution < 1.29 is 14.3 Å². The van der Waals surface area contributed by atoms with Crippen LogP contribution in [0.4, 0.5) is 5.69 Å². The third-order valence-electron chi connectivity index (χ3n) is 3.38. The van der Waals surface area contributed by atoms with Gasteiger partial charge in [-0.2, -0.15) is 0 Å². The summed E-state index contributed by atoms with van der Waals surface area (Å²) in [6.45, 7) is 1.42. The summed E-state index contributed by atoms with van der Waals surface area (Å²) in [5.41, 5.74) is 2.00. The standard InChI is InChI=1S/C17H15NO3/c1-11(19)18-14-10-6-5-9-13(14)15(20)17-16(21-17)12-7-3-2-4-8-12/h2-10,16-17H,1H3,(H,18,19)/t16-,17-/m1/s1. The van der Waals surface area contributed by atoms with E-state index in [0.717, 1.165) is 5.56 Å². The number of ketones is 1. The average Bonchev–Trinajstić information content (AvgIpc) is 3.28. The van der Waals surface area contributed by atoms with Gasteiger partial charge in [0.05, 0.1) is 5.69 Å². The monoisotopic (exact) mass is 281 g/mol. The third kappa shape index (κ3) is 2.85. The lowest BCUT2D eigenvalue weighted by Gasteiger charge is -2.07. The number of rotatable bonds is 4.